The van der Waals surface area contributed by atoms with Crippen LogP contribution in [-0.4, -0.2) is 20.1 Å². The monoisotopic (exact) mass is 236 g/mol. The summed E-state index contributed by atoms with van der Waals surface area (Å²) < 4.78 is 4.83. The lowest BCUT2D eigenvalue weighted by molar-refractivity contribution is 0.388. The number of aromatic nitrogens is 4. The molecule has 9 nitrogen and oxygen atoms in total. The summed E-state index contributed by atoms with van der Waals surface area (Å²) in [6.45, 7) is 2.09. The maximum absolute atomic E-state index is 5.50. The molecule has 0 atom stereocenters. The van der Waals surface area contributed by atoms with Gasteiger partial charge in [-0.15, -0.1) is 0 Å². The molecular formula is C8H12N8O. The largest absolute Gasteiger partial charge is 0.368 e. The first-order chi connectivity index (χ1) is 8.17. The number of hydrazine groups is 1. The molecule has 0 aliphatic carbocycles. The van der Waals surface area contributed by atoms with Crippen LogP contribution in [0.5, 0.6) is 0 Å². The van der Waals surface area contributed by atoms with Crippen LogP contribution in [0.4, 0.5) is 17.6 Å². The highest BCUT2D eigenvalue weighted by Crippen LogP contribution is 2.11. The molecule has 0 aromatic carbocycles. The van der Waals surface area contributed by atoms with Crippen molar-refractivity contribution in [3.63, 3.8) is 0 Å². The van der Waals surface area contributed by atoms with Gasteiger partial charge in [0.15, 0.2) is 5.82 Å². The van der Waals surface area contributed by atoms with Gasteiger partial charge >= 0.3 is 0 Å². The molecule has 0 bridgehead atoms. The second kappa shape index (κ2) is 4.61. The fourth-order valence-corrected chi connectivity index (χ4v) is 1.21. The van der Waals surface area contributed by atoms with E-state index in [0.717, 1.165) is 0 Å². The van der Waals surface area contributed by atoms with Gasteiger partial charge in [-0.25, -0.2) is 5.84 Å². The zero-order valence-corrected chi connectivity index (χ0v) is 9.14. The molecule has 90 valence electrons. The van der Waals surface area contributed by atoms with Crippen LogP contribution in [0, 0.1) is 6.92 Å². The first-order valence-corrected chi connectivity index (χ1v) is 4.81. The molecule has 0 amide bonds. The van der Waals surface area contributed by atoms with Crippen LogP contribution in [0.3, 0.4) is 0 Å². The fourth-order valence-electron chi connectivity index (χ4n) is 1.21. The summed E-state index contributed by atoms with van der Waals surface area (Å²) in [5, 5.41) is 6.71. The lowest BCUT2D eigenvalue weighted by Gasteiger charge is -2.05. The molecule has 0 radical (unpaired) electrons. The quantitative estimate of drug-likeness (QED) is 0.413. The van der Waals surface area contributed by atoms with Gasteiger partial charge in [-0.2, -0.15) is 15.0 Å². The molecule has 2 heterocycles. The lowest BCUT2D eigenvalue weighted by Crippen LogP contribution is -2.12. The molecule has 2 aromatic heterocycles. The smallest absolute Gasteiger partial charge is 0.223 e. The molecule has 0 unspecified atom stereocenters. The first kappa shape index (κ1) is 11.1. The van der Waals surface area contributed by atoms with Crippen molar-refractivity contribution in [1.82, 2.24) is 20.1 Å². The number of anilines is 3. The Bertz CT molecular complexity index is 510. The van der Waals surface area contributed by atoms with E-state index in [4.69, 9.17) is 16.1 Å². The Labute approximate surface area is 96.6 Å². The molecule has 6 N–H and O–H groups in total. The zero-order valence-electron chi connectivity index (χ0n) is 9.14. The van der Waals surface area contributed by atoms with Crippen LogP contribution < -0.4 is 22.3 Å². The summed E-state index contributed by atoms with van der Waals surface area (Å²) in [5.74, 6) is 7.33. The van der Waals surface area contributed by atoms with E-state index in [0.29, 0.717) is 29.9 Å². The fraction of sp³-hybridized carbons (Fsp3) is 0.250. The topological polar surface area (TPSA) is 141 Å². The third kappa shape index (κ3) is 2.78. The van der Waals surface area contributed by atoms with Gasteiger partial charge in [-0.1, -0.05) is 5.16 Å². The SMILES string of the molecule is Cc1nc(CNc2cc(NN)nc(N)n2)no1. The van der Waals surface area contributed by atoms with E-state index in [1.165, 1.54) is 0 Å². The Hall–Kier alpha value is -2.42. The number of nitrogens with two attached hydrogens (primary N) is 2. The second-order valence-corrected chi connectivity index (χ2v) is 3.22. The van der Waals surface area contributed by atoms with Crippen LogP contribution in [0.15, 0.2) is 10.6 Å². The number of hydrogen-bond donors (Lipinski definition) is 4. The van der Waals surface area contributed by atoms with Crippen LogP contribution >= 0.6 is 0 Å². The maximum atomic E-state index is 5.50. The standard InChI is InChI=1S/C8H12N8O/c1-4-12-7(16-17-4)3-11-5-2-6(15-10)14-8(9)13-5/h2H,3,10H2,1H3,(H4,9,11,13,14,15). The normalized spacial score (nSPS) is 10.2. The van der Waals surface area contributed by atoms with Crippen molar-refractivity contribution in [3.05, 3.63) is 17.8 Å². The van der Waals surface area contributed by atoms with Gasteiger partial charge in [0.05, 0.1) is 6.54 Å². The van der Waals surface area contributed by atoms with Crippen molar-refractivity contribution >= 4 is 17.6 Å². The zero-order chi connectivity index (χ0) is 12.3. The van der Waals surface area contributed by atoms with Crippen molar-refractivity contribution < 1.29 is 4.52 Å². The molecule has 0 aliphatic heterocycles. The van der Waals surface area contributed by atoms with Gasteiger partial charge in [0.1, 0.15) is 11.6 Å². The number of nitrogens with zero attached hydrogens (tertiary/aromatic N) is 4. The molecule has 0 saturated carbocycles. The molecule has 2 aromatic rings. The van der Waals surface area contributed by atoms with Crippen molar-refractivity contribution in [1.29, 1.82) is 0 Å². The number of aryl methyl sites for hydroxylation is 1. The summed E-state index contributed by atoms with van der Waals surface area (Å²) in [5.41, 5.74) is 7.89. The van der Waals surface area contributed by atoms with Crippen molar-refractivity contribution in [2.75, 3.05) is 16.5 Å². The number of nitrogen functional groups attached to an aromatic ring is 2. The molecule has 0 fully saturated rings. The summed E-state index contributed by atoms with van der Waals surface area (Å²) in [4.78, 5) is 11.9. The van der Waals surface area contributed by atoms with Crippen molar-refractivity contribution in [2.24, 2.45) is 5.84 Å². The Kier molecular flexibility index (Phi) is 3.01. The Morgan fingerprint density at radius 1 is 1.29 bits per heavy atom. The van der Waals surface area contributed by atoms with Gasteiger partial charge in [-0.3, -0.25) is 0 Å². The third-order valence-corrected chi connectivity index (χ3v) is 1.89. The maximum Gasteiger partial charge on any atom is 0.223 e. The average Bonchev–Trinajstić information content (AvgIpc) is 2.72. The highest BCUT2D eigenvalue weighted by atomic mass is 16.5. The predicted octanol–water partition coefficient (Wildman–Crippen LogP) is -0.352. The van der Waals surface area contributed by atoms with Crippen LogP contribution in [-0.2, 0) is 6.54 Å². The number of rotatable bonds is 4. The van der Waals surface area contributed by atoms with Crippen LogP contribution in [0.25, 0.3) is 0 Å². The molecule has 0 spiro atoms. The number of hydrogen-bond acceptors (Lipinski definition) is 9. The van der Waals surface area contributed by atoms with Gasteiger partial charge in [-0.05, 0) is 0 Å². The van der Waals surface area contributed by atoms with E-state index in [-0.39, 0.29) is 5.95 Å². The highest BCUT2D eigenvalue weighted by molar-refractivity contribution is 5.50. The first-order valence-electron chi connectivity index (χ1n) is 4.81. The molecule has 9 heteroatoms. The minimum Gasteiger partial charge on any atom is -0.368 e. The molecular weight excluding hydrogens is 224 g/mol. The van der Waals surface area contributed by atoms with Crippen LogP contribution in [0.2, 0.25) is 0 Å². The van der Waals surface area contributed by atoms with E-state index < -0.39 is 0 Å². The lowest BCUT2D eigenvalue weighted by atomic mass is 10.5. The van der Waals surface area contributed by atoms with E-state index in [1.807, 2.05) is 0 Å². The summed E-state index contributed by atoms with van der Waals surface area (Å²) in [7, 11) is 0. The van der Waals surface area contributed by atoms with Crippen molar-refractivity contribution in [3.8, 4) is 0 Å². The minimum absolute atomic E-state index is 0.118. The summed E-state index contributed by atoms with van der Waals surface area (Å²) in [6, 6.07) is 1.61. The molecule has 0 aliphatic rings. The van der Waals surface area contributed by atoms with E-state index in [2.05, 4.69) is 30.9 Å². The summed E-state index contributed by atoms with van der Waals surface area (Å²) in [6.07, 6.45) is 0. The highest BCUT2D eigenvalue weighted by Gasteiger charge is 2.04. The van der Waals surface area contributed by atoms with E-state index >= 15 is 0 Å². The Morgan fingerprint density at radius 3 is 2.71 bits per heavy atom. The second-order valence-electron chi connectivity index (χ2n) is 3.22. The minimum atomic E-state index is 0.118. The number of nitrogens with one attached hydrogen (secondary N) is 2. The van der Waals surface area contributed by atoms with Gasteiger partial charge < -0.3 is 21.0 Å². The molecule has 2 rings (SSSR count). The van der Waals surface area contributed by atoms with Crippen molar-refractivity contribution in [2.45, 2.75) is 13.5 Å². The molecule has 0 saturated heterocycles. The molecule has 17 heavy (non-hydrogen) atoms. The summed E-state index contributed by atoms with van der Waals surface area (Å²) >= 11 is 0. The predicted molar refractivity (Wildman–Crippen MR) is 60.6 cm³/mol. The Balaban J connectivity index is 2.05. The van der Waals surface area contributed by atoms with Crippen LogP contribution in [0.1, 0.15) is 11.7 Å². The van der Waals surface area contributed by atoms with Gasteiger partial charge in [0.25, 0.3) is 0 Å². The average molecular weight is 236 g/mol. The Morgan fingerprint density at radius 2 is 2.06 bits per heavy atom. The van der Waals surface area contributed by atoms with Gasteiger partial charge in [0.2, 0.25) is 11.8 Å². The van der Waals surface area contributed by atoms with E-state index in [9.17, 15) is 0 Å². The van der Waals surface area contributed by atoms with E-state index in [1.54, 1.807) is 13.0 Å². The third-order valence-electron chi connectivity index (χ3n) is 1.89. The van der Waals surface area contributed by atoms with Gasteiger partial charge in [0, 0.05) is 13.0 Å².